The molecule has 1 unspecified atom stereocenters. The molecule has 0 radical (unpaired) electrons. The lowest BCUT2D eigenvalue weighted by molar-refractivity contribution is -0.133. The number of sulfonamides is 1. The fraction of sp³-hybridized carbons (Fsp3) is 0.750. The van der Waals surface area contributed by atoms with Gasteiger partial charge in [-0.1, -0.05) is 33.1 Å². The summed E-state index contributed by atoms with van der Waals surface area (Å²) in [5.74, 6) is -0.163. The number of hydroxylamine groups is 1. The average molecular weight is 537 g/mol. The molecular weight excluding hydrogens is 488 g/mol. The molecule has 2 N–H and O–H groups in total. The Balaban J connectivity index is 1.82. The lowest BCUT2D eigenvalue weighted by atomic mass is 9.85. The summed E-state index contributed by atoms with van der Waals surface area (Å²) in [6.07, 6.45) is 5.18. The molecule has 0 bridgehead atoms. The van der Waals surface area contributed by atoms with Gasteiger partial charge in [0.15, 0.2) is 4.75 Å². The molecule has 2 saturated heterocycles. The van der Waals surface area contributed by atoms with Crippen LogP contribution in [-0.4, -0.2) is 79.8 Å². The average Bonchev–Trinajstić information content (AvgIpc) is 2.89. The molecule has 0 spiro atoms. The second kappa shape index (κ2) is 12.0. The number of benzene rings is 1. The normalized spacial score (nSPS) is 20.2. The maximum Gasteiger partial charge on any atom is 0.266 e. The predicted octanol–water partition coefficient (Wildman–Crippen LogP) is 3.71. The number of unbranched alkanes of at least 4 members (excludes halogenated alkanes) is 1. The zero-order chi connectivity index (χ0) is 27.5. The van der Waals surface area contributed by atoms with E-state index in [1.165, 1.54) is 57.1 Å². The Morgan fingerprint density at radius 3 is 2.00 bits per heavy atom. The van der Waals surface area contributed by atoms with Crippen molar-refractivity contribution in [3.8, 4) is 0 Å². The first-order valence-electron chi connectivity index (χ1n) is 13.9. The molecule has 9 heteroatoms. The summed E-state index contributed by atoms with van der Waals surface area (Å²) in [6.45, 7) is 16.2. The number of carbonyl (C=O) groups is 1. The number of nitrogens with one attached hydrogen (secondary N) is 1. The van der Waals surface area contributed by atoms with Crippen LogP contribution in [-0.2, 0) is 21.2 Å². The van der Waals surface area contributed by atoms with E-state index in [9.17, 15) is 18.4 Å². The summed E-state index contributed by atoms with van der Waals surface area (Å²) in [4.78, 5) is 17.0. The van der Waals surface area contributed by atoms with E-state index in [0.717, 1.165) is 6.42 Å². The molecule has 0 aromatic heterocycles. The summed E-state index contributed by atoms with van der Waals surface area (Å²) in [5, 5.41) is 9.40. The van der Waals surface area contributed by atoms with Crippen LogP contribution in [0.3, 0.4) is 0 Å². The zero-order valence-corrected chi connectivity index (χ0v) is 24.8. The lowest BCUT2D eigenvalue weighted by Gasteiger charge is -2.44. The zero-order valence-electron chi connectivity index (χ0n) is 24.0. The van der Waals surface area contributed by atoms with Gasteiger partial charge in [-0.25, -0.2) is 13.9 Å². The molecule has 0 aliphatic carbocycles. The fourth-order valence-electron chi connectivity index (χ4n) is 6.24. The van der Waals surface area contributed by atoms with Crippen LogP contribution in [0.15, 0.2) is 0 Å². The standard InChI is InChI=1S/C28H48N4O4S/c1-8-9-10-20(2)19-25-21(3)23(5)26(24(6)22(25)4)31-15-17-32(18-16-31)37(35,36)28(27(33)29-34)11-13-30(7)14-12-28/h20,34H,8-19H2,1-7H3,(H,29,33). The smallest absolute Gasteiger partial charge is 0.266 e. The number of carbonyl (C=O) groups excluding carboxylic acids is 1. The lowest BCUT2D eigenvalue weighted by Crippen LogP contribution is -2.63. The van der Waals surface area contributed by atoms with Crippen molar-refractivity contribution in [3.63, 3.8) is 0 Å². The van der Waals surface area contributed by atoms with Gasteiger partial charge in [0.1, 0.15) is 0 Å². The summed E-state index contributed by atoms with van der Waals surface area (Å²) < 4.78 is 27.4. The van der Waals surface area contributed by atoms with Crippen molar-refractivity contribution < 1.29 is 18.4 Å². The van der Waals surface area contributed by atoms with E-state index in [1.54, 1.807) is 5.48 Å². The van der Waals surface area contributed by atoms with Crippen molar-refractivity contribution in [3.05, 3.63) is 27.8 Å². The Morgan fingerprint density at radius 1 is 0.973 bits per heavy atom. The molecule has 2 aliphatic heterocycles. The minimum Gasteiger partial charge on any atom is -0.368 e. The molecule has 0 saturated carbocycles. The SMILES string of the molecule is CCCCC(C)Cc1c(C)c(C)c(N2CCN(S(=O)(=O)C3(C(=O)NO)CCN(C)CC3)CC2)c(C)c1C. The molecular formula is C28H48N4O4S. The van der Waals surface area contributed by atoms with Crippen molar-refractivity contribution in [1.29, 1.82) is 0 Å². The van der Waals surface area contributed by atoms with Gasteiger partial charge >= 0.3 is 0 Å². The second-order valence-corrected chi connectivity index (χ2v) is 13.7. The third-order valence-corrected chi connectivity index (χ3v) is 11.7. The van der Waals surface area contributed by atoms with Gasteiger partial charge in [-0.05, 0) is 101 Å². The third-order valence-electron chi connectivity index (χ3n) is 9.04. The number of rotatable bonds is 9. The van der Waals surface area contributed by atoms with Crippen molar-refractivity contribution in [2.45, 2.75) is 84.8 Å². The van der Waals surface area contributed by atoms with E-state index in [2.05, 4.69) is 46.4 Å². The number of hydrogen-bond donors (Lipinski definition) is 2. The molecule has 1 aromatic carbocycles. The molecule has 1 aromatic rings. The Kier molecular flexibility index (Phi) is 9.70. The molecule has 2 fully saturated rings. The van der Waals surface area contributed by atoms with E-state index >= 15 is 0 Å². The Labute approximate surface area is 224 Å². The van der Waals surface area contributed by atoms with Crippen molar-refractivity contribution in [2.75, 3.05) is 51.2 Å². The summed E-state index contributed by atoms with van der Waals surface area (Å²) in [5.41, 5.74) is 9.60. The van der Waals surface area contributed by atoms with Crippen molar-refractivity contribution in [2.24, 2.45) is 5.92 Å². The first-order valence-corrected chi connectivity index (χ1v) is 15.3. The number of likely N-dealkylation sites (tertiary alicyclic amines) is 1. The molecule has 37 heavy (non-hydrogen) atoms. The topological polar surface area (TPSA) is 93.2 Å². The minimum absolute atomic E-state index is 0.174. The highest BCUT2D eigenvalue weighted by Crippen LogP contribution is 2.37. The highest BCUT2D eigenvalue weighted by molar-refractivity contribution is 7.91. The van der Waals surface area contributed by atoms with Gasteiger partial charge in [0, 0.05) is 31.9 Å². The quantitative estimate of drug-likeness (QED) is 0.369. The number of hydrogen-bond acceptors (Lipinski definition) is 6. The van der Waals surface area contributed by atoms with Gasteiger partial charge in [-0.3, -0.25) is 10.0 Å². The molecule has 2 aliphatic rings. The van der Waals surface area contributed by atoms with E-state index in [0.29, 0.717) is 45.2 Å². The van der Waals surface area contributed by atoms with Gasteiger partial charge in [0.2, 0.25) is 10.0 Å². The number of nitrogens with zero attached hydrogens (tertiary/aromatic N) is 3. The van der Waals surface area contributed by atoms with Crippen molar-refractivity contribution >= 4 is 21.6 Å². The van der Waals surface area contributed by atoms with Gasteiger partial charge < -0.3 is 9.80 Å². The van der Waals surface area contributed by atoms with Crippen LogP contribution >= 0.6 is 0 Å². The summed E-state index contributed by atoms with van der Waals surface area (Å²) in [7, 11) is -2.03. The van der Waals surface area contributed by atoms with Crippen LogP contribution < -0.4 is 10.4 Å². The summed E-state index contributed by atoms with van der Waals surface area (Å²) in [6, 6.07) is 0. The number of anilines is 1. The summed E-state index contributed by atoms with van der Waals surface area (Å²) >= 11 is 0. The fourth-order valence-corrected chi connectivity index (χ4v) is 8.35. The van der Waals surface area contributed by atoms with Crippen LogP contribution in [0.2, 0.25) is 0 Å². The first kappa shape index (κ1) is 29.9. The predicted molar refractivity (Wildman–Crippen MR) is 150 cm³/mol. The molecule has 1 atom stereocenters. The van der Waals surface area contributed by atoms with Crippen LogP contribution in [0.4, 0.5) is 5.69 Å². The van der Waals surface area contributed by atoms with Crippen LogP contribution in [0.5, 0.6) is 0 Å². The maximum absolute atomic E-state index is 13.8. The largest absolute Gasteiger partial charge is 0.368 e. The van der Waals surface area contributed by atoms with E-state index in [4.69, 9.17) is 0 Å². The van der Waals surface area contributed by atoms with E-state index in [-0.39, 0.29) is 12.8 Å². The minimum atomic E-state index is -3.94. The van der Waals surface area contributed by atoms with Crippen LogP contribution in [0.25, 0.3) is 0 Å². The van der Waals surface area contributed by atoms with Crippen LogP contribution in [0.1, 0.15) is 73.8 Å². The Hall–Kier alpha value is -1.68. The first-order chi connectivity index (χ1) is 17.4. The highest BCUT2D eigenvalue weighted by Gasteiger charge is 2.54. The Morgan fingerprint density at radius 2 is 1.51 bits per heavy atom. The van der Waals surface area contributed by atoms with E-state index < -0.39 is 20.7 Å². The van der Waals surface area contributed by atoms with E-state index in [1.807, 2.05) is 11.9 Å². The molecule has 3 rings (SSSR count). The highest BCUT2D eigenvalue weighted by atomic mass is 32.2. The molecule has 8 nitrogen and oxygen atoms in total. The van der Waals surface area contributed by atoms with Gasteiger partial charge in [0.05, 0.1) is 0 Å². The van der Waals surface area contributed by atoms with Crippen LogP contribution in [0, 0.1) is 33.6 Å². The molecule has 2 heterocycles. The van der Waals surface area contributed by atoms with Gasteiger partial charge in [0.25, 0.3) is 5.91 Å². The monoisotopic (exact) mass is 536 g/mol. The van der Waals surface area contributed by atoms with Gasteiger partial charge in [-0.15, -0.1) is 0 Å². The van der Waals surface area contributed by atoms with Crippen molar-refractivity contribution in [1.82, 2.24) is 14.7 Å². The number of piperazine rings is 1. The molecule has 210 valence electrons. The third kappa shape index (κ3) is 5.70. The maximum atomic E-state index is 13.8. The number of amides is 1. The number of piperidine rings is 1. The van der Waals surface area contributed by atoms with Gasteiger partial charge in [-0.2, -0.15) is 4.31 Å². The second-order valence-electron chi connectivity index (χ2n) is 11.4. The Bertz CT molecular complexity index is 1040. The molecule has 1 amide bonds.